The van der Waals surface area contributed by atoms with Gasteiger partial charge in [0.1, 0.15) is 11.0 Å². The summed E-state index contributed by atoms with van der Waals surface area (Å²) in [6.45, 7) is 2.23. The van der Waals surface area contributed by atoms with E-state index in [1.54, 1.807) is 12.4 Å². The number of aromatic nitrogens is 2. The molecule has 0 bridgehead atoms. The molecule has 1 aliphatic heterocycles. The fourth-order valence-corrected chi connectivity index (χ4v) is 2.05. The van der Waals surface area contributed by atoms with Crippen LogP contribution in [0.4, 0.5) is 5.82 Å². The van der Waals surface area contributed by atoms with Crippen molar-refractivity contribution in [2.75, 3.05) is 25.5 Å². The minimum Gasteiger partial charge on any atom is -0.365 e. The van der Waals surface area contributed by atoms with E-state index in [-0.39, 0.29) is 0 Å². The van der Waals surface area contributed by atoms with Crippen LogP contribution in [-0.2, 0) is 0 Å². The van der Waals surface area contributed by atoms with Gasteiger partial charge in [-0.15, -0.1) is 0 Å². The van der Waals surface area contributed by atoms with E-state index in [4.69, 9.17) is 11.6 Å². The lowest BCUT2D eigenvalue weighted by atomic mass is 10.1. The number of likely N-dealkylation sites (tertiary alicyclic amines) is 1. The molecule has 5 heteroatoms. The monoisotopic (exact) mass is 226 g/mol. The highest BCUT2D eigenvalue weighted by Gasteiger charge is 2.17. The van der Waals surface area contributed by atoms with Crippen LogP contribution in [0.3, 0.4) is 0 Å². The molecular formula is C10H15ClN4. The number of nitrogens with one attached hydrogen (secondary N) is 1. The van der Waals surface area contributed by atoms with Gasteiger partial charge in [-0.25, -0.2) is 4.98 Å². The Morgan fingerprint density at radius 1 is 1.53 bits per heavy atom. The van der Waals surface area contributed by atoms with Gasteiger partial charge in [0, 0.05) is 12.6 Å². The Morgan fingerprint density at radius 3 is 3.13 bits per heavy atom. The number of halogens is 1. The van der Waals surface area contributed by atoms with E-state index < -0.39 is 0 Å². The second-order valence-electron chi connectivity index (χ2n) is 3.97. The second-order valence-corrected chi connectivity index (χ2v) is 4.36. The quantitative estimate of drug-likeness (QED) is 0.833. The Hall–Kier alpha value is -0.870. The average Bonchev–Trinajstić information content (AvgIpc) is 2.17. The topological polar surface area (TPSA) is 41.0 Å². The number of hydrogen-bond donors (Lipinski definition) is 1. The molecule has 1 N–H and O–H groups in total. The molecule has 1 unspecified atom stereocenters. The summed E-state index contributed by atoms with van der Waals surface area (Å²) in [6, 6.07) is 0.455. The van der Waals surface area contributed by atoms with Crippen molar-refractivity contribution >= 4 is 17.4 Å². The minimum atomic E-state index is 0.434. The third-order valence-corrected chi connectivity index (χ3v) is 2.76. The summed E-state index contributed by atoms with van der Waals surface area (Å²) in [5.74, 6) is 0.766. The summed E-state index contributed by atoms with van der Waals surface area (Å²) in [6.07, 6.45) is 5.65. The Morgan fingerprint density at radius 2 is 2.40 bits per heavy atom. The zero-order chi connectivity index (χ0) is 10.7. The van der Waals surface area contributed by atoms with Gasteiger partial charge in [-0.2, -0.15) is 0 Å². The molecule has 0 spiro atoms. The first-order valence-electron chi connectivity index (χ1n) is 5.16. The van der Waals surface area contributed by atoms with Gasteiger partial charge >= 0.3 is 0 Å². The lowest BCUT2D eigenvalue weighted by molar-refractivity contribution is 0.260. The van der Waals surface area contributed by atoms with E-state index in [0.717, 1.165) is 12.4 Å². The molecule has 0 aromatic carbocycles. The largest absolute Gasteiger partial charge is 0.365 e. The number of anilines is 1. The van der Waals surface area contributed by atoms with E-state index in [1.165, 1.54) is 19.4 Å². The van der Waals surface area contributed by atoms with Crippen LogP contribution in [0.15, 0.2) is 12.4 Å². The maximum atomic E-state index is 5.77. The molecule has 4 nitrogen and oxygen atoms in total. The van der Waals surface area contributed by atoms with Crippen molar-refractivity contribution < 1.29 is 0 Å². The van der Waals surface area contributed by atoms with E-state index in [9.17, 15) is 0 Å². The molecule has 1 fully saturated rings. The molecular weight excluding hydrogens is 212 g/mol. The zero-order valence-electron chi connectivity index (χ0n) is 8.78. The summed E-state index contributed by atoms with van der Waals surface area (Å²) in [7, 11) is 2.14. The Kier molecular flexibility index (Phi) is 3.38. The fourth-order valence-electron chi connectivity index (χ4n) is 1.91. The van der Waals surface area contributed by atoms with Gasteiger partial charge in [-0.05, 0) is 26.4 Å². The van der Waals surface area contributed by atoms with Crippen molar-refractivity contribution in [3.8, 4) is 0 Å². The molecule has 0 aliphatic carbocycles. The summed E-state index contributed by atoms with van der Waals surface area (Å²) in [4.78, 5) is 10.5. The standard InChI is InChI=1S/C10H15ClN4/c1-15-4-2-3-8(7-15)13-10-6-12-5-9(11)14-10/h5-6,8H,2-4,7H2,1H3,(H,13,14). The number of piperidine rings is 1. The highest BCUT2D eigenvalue weighted by atomic mass is 35.5. The first kappa shape index (κ1) is 10.6. The predicted octanol–water partition coefficient (Wildman–Crippen LogP) is 1.64. The Labute approximate surface area is 94.7 Å². The molecule has 1 atom stereocenters. The van der Waals surface area contributed by atoms with Crippen molar-refractivity contribution in [1.29, 1.82) is 0 Å². The Balaban J connectivity index is 1.96. The van der Waals surface area contributed by atoms with Gasteiger partial charge in [0.05, 0.1) is 12.4 Å². The second kappa shape index (κ2) is 4.77. The molecule has 0 saturated carbocycles. The number of hydrogen-bond acceptors (Lipinski definition) is 4. The van der Waals surface area contributed by atoms with Gasteiger partial charge < -0.3 is 10.2 Å². The van der Waals surface area contributed by atoms with E-state index in [1.807, 2.05) is 0 Å². The maximum Gasteiger partial charge on any atom is 0.149 e. The molecule has 0 radical (unpaired) electrons. The molecule has 1 aromatic heterocycles. The van der Waals surface area contributed by atoms with Crippen molar-refractivity contribution in [3.63, 3.8) is 0 Å². The molecule has 2 heterocycles. The number of likely N-dealkylation sites (N-methyl/N-ethyl adjacent to an activating group) is 1. The molecule has 82 valence electrons. The van der Waals surface area contributed by atoms with Gasteiger partial charge in [-0.3, -0.25) is 4.98 Å². The highest BCUT2D eigenvalue weighted by Crippen LogP contribution is 2.14. The van der Waals surface area contributed by atoms with E-state index in [0.29, 0.717) is 11.2 Å². The van der Waals surface area contributed by atoms with Gasteiger partial charge in [0.25, 0.3) is 0 Å². The van der Waals surface area contributed by atoms with Gasteiger partial charge in [0.15, 0.2) is 0 Å². The van der Waals surface area contributed by atoms with Crippen LogP contribution < -0.4 is 5.32 Å². The third kappa shape index (κ3) is 3.04. The highest BCUT2D eigenvalue weighted by molar-refractivity contribution is 6.29. The summed E-state index contributed by atoms with van der Waals surface area (Å²) in [5.41, 5.74) is 0. The normalized spacial score (nSPS) is 22.7. The molecule has 1 saturated heterocycles. The summed E-state index contributed by atoms with van der Waals surface area (Å²) >= 11 is 5.77. The zero-order valence-corrected chi connectivity index (χ0v) is 9.54. The number of rotatable bonds is 2. The van der Waals surface area contributed by atoms with E-state index in [2.05, 4.69) is 27.2 Å². The van der Waals surface area contributed by atoms with Crippen LogP contribution in [0.1, 0.15) is 12.8 Å². The summed E-state index contributed by atoms with van der Waals surface area (Å²) in [5, 5.41) is 3.79. The van der Waals surface area contributed by atoms with Crippen molar-refractivity contribution in [2.45, 2.75) is 18.9 Å². The Bertz CT molecular complexity index is 331. The molecule has 2 rings (SSSR count). The average molecular weight is 227 g/mol. The van der Waals surface area contributed by atoms with Crippen LogP contribution in [0.5, 0.6) is 0 Å². The van der Waals surface area contributed by atoms with Crippen LogP contribution in [-0.4, -0.2) is 41.0 Å². The van der Waals surface area contributed by atoms with Gasteiger partial charge in [0.2, 0.25) is 0 Å². The first-order chi connectivity index (χ1) is 7.24. The van der Waals surface area contributed by atoms with Gasteiger partial charge in [-0.1, -0.05) is 11.6 Å². The molecule has 15 heavy (non-hydrogen) atoms. The van der Waals surface area contributed by atoms with Crippen LogP contribution in [0.2, 0.25) is 5.15 Å². The lowest BCUT2D eigenvalue weighted by Crippen LogP contribution is -2.39. The number of nitrogens with zero attached hydrogens (tertiary/aromatic N) is 3. The van der Waals surface area contributed by atoms with Crippen molar-refractivity contribution in [3.05, 3.63) is 17.5 Å². The van der Waals surface area contributed by atoms with Crippen LogP contribution in [0.25, 0.3) is 0 Å². The summed E-state index contributed by atoms with van der Waals surface area (Å²) < 4.78 is 0. The smallest absolute Gasteiger partial charge is 0.149 e. The van der Waals surface area contributed by atoms with Crippen LogP contribution >= 0.6 is 11.6 Å². The maximum absolute atomic E-state index is 5.77. The van der Waals surface area contributed by atoms with E-state index >= 15 is 0 Å². The minimum absolute atomic E-state index is 0.434. The lowest BCUT2D eigenvalue weighted by Gasteiger charge is -2.30. The molecule has 1 aromatic rings. The van der Waals surface area contributed by atoms with Crippen molar-refractivity contribution in [1.82, 2.24) is 14.9 Å². The third-order valence-electron chi connectivity index (χ3n) is 2.58. The predicted molar refractivity (Wildman–Crippen MR) is 61.2 cm³/mol. The first-order valence-corrected chi connectivity index (χ1v) is 5.54. The molecule has 1 aliphatic rings. The molecule has 0 amide bonds. The van der Waals surface area contributed by atoms with Crippen LogP contribution in [0, 0.1) is 0 Å². The van der Waals surface area contributed by atoms with Crippen molar-refractivity contribution in [2.24, 2.45) is 0 Å². The fraction of sp³-hybridized carbons (Fsp3) is 0.600. The SMILES string of the molecule is CN1CCCC(Nc2cncc(Cl)n2)C1.